The van der Waals surface area contributed by atoms with Gasteiger partial charge in [0.15, 0.2) is 0 Å². The second-order valence-corrected chi connectivity index (χ2v) is 8.52. The Morgan fingerprint density at radius 2 is 1.97 bits per heavy atom. The second kappa shape index (κ2) is 10.1. The number of nitrogens with one attached hydrogen (secondary N) is 1. The highest BCUT2D eigenvalue weighted by Gasteiger charge is 2.21. The summed E-state index contributed by atoms with van der Waals surface area (Å²) in [5.74, 6) is 0.535. The summed E-state index contributed by atoms with van der Waals surface area (Å²) in [6, 6.07) is 14.3. The zero-order valence-corrected chi connectivity index (χ0v) is 17.7. The highest BCUT2D eigenvalue weighted by molar-refractivity contribution is 7.77. The molecule has 1 fully saturated rings. The van der Waals surface area contributed by atoms with Gasteiger partial charge in [0, 0.05) is 31.0 Å². The smallest absolute Gasteiger partial charge is 0.232 e. The molecule has 1 atom stereocenters. The summed E-state index contributed by atoms with van der Waals surface area (Å²) in [5.41, 5.74) is 4.60. The predicted octanol–water partition coefficient (Wildman–Crippen LogP) is 2.93. The number of piperidine rings is 1. The lowest BCUT2D eigenvalue weighted by Gasteiger charge is -2.32. The van der Waals surface area contributed by atoms with E-state index < -0.39 is 11.3 Å². The first-order valence-corrected chi connectivity index (χ1v) is 11.3. The van der Waals surface area contributed by atoms with Crippen molar-refractivity contribution >= 4 is 11.3 Å². The Kier molecular flexibility index (Phi) is 7.01. The van der Waals surface area contributed by atoms with E-state index in [9.17, 15) is 4.21 Å². The first kappa shape index (κ1) is 20.9. The maximum atomic E-state index is 10.8. The molecule has 1 aliphatic rings. The summed E-state index contributed by atoms with van der Waals surface area (Å²) in [4.78, 5) is 6.84. The van der Waals surface area contributed by atoms with Gasteiger partial charge in [-0.2, -0.15) is 5.10 Å². The molecule has 1 aromatic carbocycles. The average Bonchev–Trinajstić information content (AvgIpc) is 3.20. The van der Waals surface area contributed by atoms with E-state index in [0.29, 0.717) is 19.0 Å². The van der Waals surface area contributed by atoms with Crippen LogP contribution >= 0.6 is 0 Å². The minimum Gasteiger partial charge on any atom is -0.299 e. The van der Waals surface area contributed by atoms with Crippen LogP contribution in [-0.2, 0) is 30.9 Å². The van der Waals surface area contributed by atoms with Crippen molar-refractivity contribution in [1.29, 1.82) is 0 Å². The van der Waals surface area contributed by atoms with Crippen LogP contribution in [0.1, 0.15) is 41.1 Å². The molecule has 0 saturated carbocycles. The first-order chi connectivity index (χ1) is 14.7. The van der Waals surface area contributed by atoms with Crippen LogP contribution in [0, 0.1) is 0 Å². The van der Waals surface area contributed by atoms with Gasteiger partial charge >= 0.3 is 0 Å². The molecule has 2 aromatic heterocycles. The molecule has 0 bridgehead atoms. The number of pyridine rings is 1. The zero-order chi connectivity index (χ0) is 20.8. The van der Waals surface area contributed by atoms with Crippen LogP contribution < -0.4 is 4.72 Å². The molecular formula is C22H27N5O2S. The van der Waals surface area contributed by atoms with Gasteiger partial charge in [-0.1, -0.05) is 30.3 Å². The van der Waals surface area contributed by atoms with Crippen molar-refractivity contribution in [3.05, 3.63) is 83.4 Å². The molecule has 2 N–H and O–H groups in total. The van der Waals surface area contributed by atoms with Crippen molar-refractivity contribution in [2.24, 2.45) is 0 Å². The van der Waals surface area contributed by atoms with Crippen molar-refractivity contribution in [1.82, 2.24) is 24.4 Å². The molecule has 3 heterocycles. The van der Waals surface area contributed by atoms with E-state index >= 15 is 0 Å². The normalized spacial score (nSPS) is 16.6. The van der Waals surface area contributed by atoms with Gasteiger partial charge in [-0.15, -0.1) is 0 Å². The minimum absolute atomic E-state index is 0.401. The summed E-state index contributed by atoms with van der Waals surface area (Å²) in [6.07, 6.45) is 8.11. The Morgan fingerprint density at radius 3 is 2.73 bits per heavy atom. The number of aromatic nitrogens is 3. The number of hydrogen-bond donors (Lipinski definition) is 2. The van der Waals surface area contributed by atoms with Crippen LogP contribution in [0.3, 0.4) is 0 Å². The molecule has 1 unspecified atom stereocenters. The van der Waals surface area contributed by atoms with Gasteiger partial charge < -0.3 is 0 Å². The summed E-state index contributed by atoms with van der Waals surface area (Å²) in [6.45, 7) is 4.12. The Morgan fingerprint density at radius 1 is 1.10 bits per heavy atom. The third kappa shape index (κ3) is 5.82. The number of likely N-dealkylation sites (tertiary alicyclic amines) is 1. The van der Waals surface area contributed by atoms with Gasteiger partial charge in [-0.05, 0) is 55.1 Å². The predicted molar refractivity (Wildman–Crippen MR) is 117 cm³/mol. The Bertz CT molecular complexity index is 970. The molecule has 1 aliphatic heterocycles. The van der Waals surface area contributed by atoms with E-state index in [1.165, 1.54) is 11.1 Å². The number of rotatable bonds is 8. The fourth-order valence-electron chi connectivity index (χ4n) is 4.02. The Hall–Kier alpha value is -2.39. The molecule has 4 rings (SSSR count). The third-order valence-electron chi connectivity index (χ3n) is 5.55. The SMILES string of the molecule is O=S(O)NCc1cccc(C2CCN(Cc3cnn(Cc4ccccn4)c3)CC2)c1. The van der Waals surface area contributed by atoms with Crippen LogP contribution in [-0.4, -0.2) is 41.5 Å². The van der Waals surface area contributed by atoms with Crippen LogP contribution in [0.25, 0.3) is 0 Å². The molecule has 7 nitrogen and oxygen atoms in total. The molecule has 3 aromatic rings. The van der Waals surface area contributed by atoms with Crippen LogP contribution in [0.4, 0.5) is 0 Å². The molecule has 8 heteroatoms. The fraction of sp³-hybridized carbons (Fsp3) is 0.364. The van der Waals surface area contributed by atoms with Crippen molar-refractivity contribution in [3.63, 3.8) is 0 Å². The number of benzene rings is 1. The van der Waals surface area contributed by atoms with Crippen molar-refractivity contribution < 1.29 is 8.76 Å². The molecular weight excluding hydrogens is 398 g/mol. The monoisotopic (exact) mass is 425 g/mol. The summed E-state index contributed by atoms with van der Waals surface area (Å²) < 4.78 is 24.2. The number of nitrogens with zero attached hydrogens (tertiary/aromatic N) is 4. The van der Waals surface area contributed by atoms with E-state index in [0.717, 1.165) is 43.7 Å². The second-order valence-electron chi connectivity index (χ2n) is 7.73. The van der Waals surface area contributed by atoms with E-state index in [1.807, 2.05) is 47.4 Å². The van der Waals surface area contributed by atoms with E-state index in [4.69, 9.17) is 4.55 Å². The topological polar surface area (TPSA) is 83.3 Å². The molecule has 0 radical (unpaired) electrons. The lowest BCUT2D eigenvalue weighted by Crippen LogP contribution is -2.32. The van der Waals surface area contributed by atoms with Gasteiger partial charge in [-0.25, -0.2) is 8.93 Å². The standard InChI is InChI=1S/C22H27N5O2S/c28-30(29)25-14-18-4-3-5-21(12-18)20-7-10-26(11-8-20)15-19-13-24-27(16-19)17-22-6-1-2-9-23-22/h1-6,9,12-13,16,20,25H,7-8,10-11,14-15,17H2,(H,28,29). The molecule has 0 spiro atoms. The first-order valence-electron chi connectivity index (χ1n) is 10.2. The highest BCUT2D eigenvalue weighted by Crippen LogP contribution is 2.29. The maximum Gasteiger partial charge on any atom is 0.232 e. The van der Waals surface area contributed by atoms with Gasteiger partial charge in [0.1, 0.15) is 0 Å². The van der Waals surface area contributed by atoms with Gasteiger partial charge in [0.25, 0.3) is 0 Å². The van der Waals surface area contributed by atoms with Crippen LogP contribution in [0.5, 0.6) is 0 Å². The molecule has 0 amide bonds. The minimum atomic E-state index is -1.98. The largest absolute Gasteiger partial charge is 0.299 e. The highest BCUT2D eigenvalue weighted by atomic mass is 32.2. The van der Waals surface area contributed by atoms with E-state index in [1.54, 1.807) is 0 Å². The van der Waals surface area contributed by atoms with Gasteiger partial charge in [0.05, 0.1) is 18.4 Å². The van der Waals surface area contributed by atoms with Gasteiger partial charge in [0.2, 0.25) is 11.3 Å². The van der Waals surface area contributed by atoms with E-state index in [-0.39, 0.29) is 0 Å². The lowest BCUT2D eigenvalue weighted by molar-refractivity contribution is 0.204. The van der Waals surface area contributed by atoms with E-state index in [2.05, 4.69) is 38.0 Å². The van der Waals surface area contributed by atoms with Crippen molar-refractivity contribution in [2.75, 3.05) is 13.1 Å². The molecule has 1 saturated heterocycles. The molecule has 0 aliphatic carbocycles. The fourth-order valence-corrected chi connectivity index (χ4v) is 4.31. The Labute approximate surface area is 179 Å². The Balaban J connectivity index is 1.28. The molecule has 158 valence electrons. The molecule has 30 heavy (non-hydrogen) atoms. The third-order valence-corrected chi connectivity index (χ3v) is 5.94. The van der Waals surface area contributed by atoms with Crippen molar-refractivity contribution in [3.8, 4) is 0 Å². The van der Waals surface area contributed by atoms with Crippen LogP contribution in [0.15, 0.2) is 61.1 Å². The lowest BCUT2D eigenvalue weighted by atomic mass is 9.88. The summed E-state index contributed by atoms with van der Waals surface area (Å²) >= 11 is -1.98. The average molecular weight is 426 g/mol. The van der Waals surface area contributed by atoms with Crippen LogP contribution in [0.2, 0.25) is 0 Å². The van der Waals surface area contributed by atoms with Gasteiger partial charge in [-0.3, -0.25) is 19.1 Å². The maximum absolute atomic E-state index is 10.8. The van der Waals surface area contributed by atoms with Crippen molar-refractivity contribution in [2.45, 2.75) is 38.4 Å². The summed E-state index contributed by atoms with van der Waals surface area (Å²) in [5, 5.41) is 4.48. The summed E-state index contributed by atoms with van der Waals surface area (Å²) in [7, 11) is 0. The zero-order valence-electron chi connectivity index (χ0n) is 16.9. The quantitative estimate of drug-likeness (QED) is 0.542. The number of hydrogen-bond acceptors (Lipinski definition) is 4.